The van der Waals surface area contributed by atoms with E-state index in [4.69, 9.17) is 0 Å². The van der Waals surface area contributed by atoms with Crippen LogP contribution in [0.3, 0.4) is 0 Å². The molecule has 0 atom stereocenters. The molecule has 0 aromatic heterocycles. The second-order valence-corrected chi connectivity index (χ2v) is 5.73. The van der Waals surface area contributed by atoms with Crippen LogP contribution in [0.2, 0.25) is 0 Å². The van der Waals surface area contributed by atoms with Gasteiger partial charge < -0.3 is 15.0 Å². The molecule has 0 heterocycles. The van der Waals surface area contributed by atoms with E-state index in [0.717, 1.165) is 56.1 Å². The number of carboxylic acid groups (broad SMARTS) is 1. The zero-order valence-electron chi connectivity index (χ0n) is 14.3. The summed E-state index contributed by atoms with van der Waals surface area (Å²) in [6, 6.07) is 3.86. The second-order valence-electron chi connectivity index (χ2n) is 5.73. The first-order valence-corrected chi connectivity index (χ1v) is 8.11. The summed E-state index contributed by atoms with van der Waals surface area (Å²) in [6.45, 7) is 4.30. The summed E-state index contributed by atoms with van der Waals surface area (Å²) in [6.07, 6.45) is 8.23. The standard InChI is InChI=1S/C18H28O3.Na/c1-3-5-7-9-14-11-15(10-8-6-4-2)18(21)16(12-14)13-17(19)20;/h11-12,21H,3-10,13H2,1-2H3,(H,19,20);/q;+1/p-1. The molecule has 1 aromatic rings. The van der Waals surface area contributed by atoms with Gasteiger partial charge >= 0.3 is 29.6 Å². The van der Waals surface area contributed by atoms with Crippen molar-refractivity contribution in [2.24, 2.45) is 0 Å². The van der Waals surface area contributed by atoms with Gasteiger partial charge in [0.1, 0.15) is 5.75 Å². The molecule has 4 heteroatoms. The molecule has 0 amide bonds. The quantitative estimate of drug-likeness (QED) is 0.494. The molecular formula is C18H27NaO3. The molecule has 0 unspecified atom stereocenters. The number of unbranched alkanes of at least 4 members (excludes halogenated alkanes) is 4. The molecule has 1 aromatic carbocycles. The number of carboxylic acids is 1. The van der Waals surface area contributed by atoms with Crippen molar-refractivity contribution in [3.63, 3.8) is 0 Å². The number of aryl methyl sites for hydroxylation is 2. The number of phenolic OH excluding ortho intramolecular Hbond substituents is 1. The van der Waals surface area contributed by atoms with Crippen LogP contribution in [0.4, 0.5) is 0 Å². The van der Waals surface area contributed by atoms with Crippen molar-refractivity contribution in [3.05, 3.63) is 28.8 Å². The van der Waals surface area contributed by atoms with E-state index in [2.05, 4.69) is 13.8 Å². The molecule has 0 aliphatic carbocycles. The Labute approximate surface area is 156 Å². The predicted molar refractivity (Wildman–Crippen MR) is 83.3 cm³/mol. The molecule has 118 valence electrons. The van der Waals surface area contributed by atoms with Gasteiger partial charge in [-0.05, 0) is 36.8 Å². The van der Waals surface area contributed by atoms with Crippen LogP contribution in [0.1, 0.15) is 69.1 Å². The summed E-state index contributed by atoms with van der Waals surface area (Å²) in [5.41, 5.74) is 2.51. The zero-order valence-corrected chi connectivity index (χ0v) is 16.3. The summed E-state index contributed by atoms with van der Waals surface area (Å²) >= 11 is 0. The largest absolute Gasteiger partial charge is 1.00 e. The van der Waals surface area contributed by atoms with Crippen molar-refractivity contribution in [3.8, 4) is 5.75 Å². The molecule has 0 aliphatic heterocycles. The number of hydrogen-bond acceptors (Lipinski definition) is 3. The van der Waals surface area contributed by atoms with Crippen LogP contribution in [-0.4, -0.2) is 11.1 Å². The summed E-state index contributed by atoms with van der Waals surface area (Å²) in [4.78, 5) is 10.8. The number of hydrogen-bond donors (Lipinski definition) is 1. The van der Waals surface area contributed by atoms with Crippen LogP contribution >= 0.6 is 0 Å². The minimum absolute atomic E-state index is 0. The normalized spacial score (nSPS) is 10.3. The number of aliphatic carboxylic acids is 1. The van der Waals surface area contributed by atoms with Gasteiger partial charge in [0.25, 0.3) is 0 Å². The molecule has 0 spiro atoms. The minimum Gasteiger partial charge on any atom is -0.550 e. The van der Waals surface area contributed by atoms with Crippen LogP contribution in [-0.2, 0) is 24.1 Å². The van der Waals surface area contributed by atoms with Gasteiger partial charge in [-0.25, -0.2) is 0 Å². The molecule has 22 heavy (non-hydrogen) atoms. The zero-order chi connectivity index (χ0) is 15.7. The Bertz CT molecular complexity index is 458. The van der Waals surface area contributed by atoms with E-state index in [-0.39, 0.29) is 41.7 Å². The van der Waals surface area contributed by atoms with Crippen LogP contribution in [0.25, 0.3) is 0 Å². The average Bonchev–Trinajstić information content (AvgIpc) is 2.43. The summed E-state index contributed by atoms with van der Waals surface area (Å²) in [5.74, 6) is -0.995. The summed E-state index contributed by atoms with van der Waals surface area (Å²) < 4.78 is 0. The van der Waals surface area contributed by atoms with Crippen LogP contribution in [0.15, 0.2) is 12.1 Å². The molecule has 1 rings (SSSR count). The molecule has 0 radical (unpaired) electrons. The molecule has 0 aliphatic rings. The smallest absolute Gasteiger partial charge is 0.550 e. The Morgan fingerprint density at radius 1 is 1.00 bits per heavy atom. The fourth-order valence-electron chi connectivity index (χ4n) is 2.60. The van der Waals surface area contributed by atoms with Crippen molar-refractivity contribution in [2.75, 3.05) is 0 Å². The van der Waals surface area contributed by atoms with E-state index >= 15 is 0 Å². The number of aromatic hydroxyl groups is 1. The summed E-state index contributed by atoms with van der Waals surface area (Å²) in [5, 5.41) is 21.1. The molecule has 0 bridgehead atoms. The maximum absolute atomic E-state index is 10.8. The first-order chi connectivity index (χ1) is 10.1. The number of benzene rings is 1. The van der Waals surface area contributed by atoms with E-state index in [1.54, 1.807) is 0 Å². The Morgan fingerprint density at radius 2 is 1.55 bits per heavy atom. The third-order valence-electron chi connectivity index (χ3n) is 3.78. The van der Waals surface area contributed by atoms with Gasteiger partial charge in [0.2, 0.25) is 0 Å². The molecule has 0 saturated carbocycles. The minimum atomic E-state index is -1.14. The SMILES string of the molecule is CCCCCc1cc(CCCCC)c(O)c(CC(=O)[O-])c1.[Na+]. The Morgan fingerprint density at radius 3 is 2.09 bits per heavy atom. The average molecular weight is 314 g/mol. The van der Waals surface area contributed by atoms with E-state index in [9.17, 15) is 15.0 Å². The van der Waals surface area contributed by atoms with Gasteiger partial charge in [-0.2, -0.15) is 0 Å². The van der Waals surface area contributed by atoms with Crippen LogP contribution < -0.4 is 34.7 Å². The fourth-order valence-corrected chi connectivity index (χ4v) is 2.60. The van der Waals surface area contributed by atoms with Crippen LogP contribution in [0, 0.1) is 0 Å². The van der Waals surface area contributed by atoms with Gasteiger partial charge in [-0.3, -0.25) is 0 Å². The van der Waals surface area contributed by atoms with Crippen molar-refractivity contribution >= 4 is 5.97 Å². The van der Waals surface area contributed by atoms with Gasteiger partial charge in [0, 0.05) is 18.0 Å². The first kappa shape index (κ1) is 21.5. The predicted octanol–water partition coefficient (Wildman–Crippen LogP) is 0.154. The third kappa shape index (κ3) is 7.66. The van der Waals surface area contributed by atoms with E-state index < -0.39 is 5.97 Å². The maximum atomic E-state index is 10.8. The van der Waals surface area contributed by atoms with E-state index in [1.807, 2.05) is 12.1 Å². The van der Waals surface area contributed by atoms with Crippen molar-refractivity contribution in [1.29, 1.82) is 0 Å². The Balaban J connectivity index is 0.00000441. The second kappa shape index (κ2) is 12.0. The number of phenols is 1. The first-order valence-electron chi connectivity index (χ1n) is 8.11. The van der Waals surface area contributed by atoms with Gasteiger partial charge in [-0.15, -0.1) is 0 Å². The number of carbonyl (C=O) groups is 1. The van der Waals surface area contributed by atoms with Gasteiger partial charge in [-0.1, -0.05) is 51.7 Å². The summed E-state index contributed by atoms with van der Waals surface area (Å²) in [7, 11) is 0. The maximum Gasteiger partial charge on any atom is 1.00 e. The van der Waals surface area contributed by atoms with Crippen molar-refractivity contribution < 1.29 is 44.6 Å². The number of carbonyl (C=O) groups excluding carboxylic acids is 1. The fraction of sp³-hybridized carbons (Fsp3) is 0.611. The topological polar surface area (TPSA) is 60.4 Å². The van der Waals surface area contributed by atoms with E-state index in [1.165, 1.54) is 6.42 Å². The molecular weight excluding hydrogens is 287 g/mol. The van der Waals surface area contributed by atoms with Crippen molar-refractivity contribution in [1.82, 2.24) is 0 Å². The molecule has 3 nitrogen and oxygen atoms in total. The van der Waals surface area contributed by atoms with Crippen LogP contribution in [0.5, 0.6) is 5.75 Å². The molecule has 0 fully saturated rings. The van der Waals surface area contributed by atoms with E-state index in [0.29, 0.717) is 5.56 Å². The van der Waals surface area contributed by atoms with Gasteiger partial charge in [0.05, 0.1) is 0 Å². The Hall–Kier alpha value is -0.510. The Kier molecular flexibility index (Phi) is 11.7. The van der Waals surface area contributed by atoms with Crippen molar-refractivity contribution in [2.45, 2.75) is 71.6 Å². The van der Waals surface area contributed by atoms with Gasteiger partial charge in [0.15, 0.2) is 0 Å². The monoisotopic (exact) mass is 314 g/mol. The third-order valence-corrected chi connectivity index (χ3v) is 3.78. The molecule has 0 saturated heterocycles. The molecule has 1 N–H and O–H groups in total. The number of rotatable bonds is 10.